The Labute approximate surface area is 144 Å². The number of benzene rings is 2. The molecule has 0 saturated heterocycles. The Bertz CT molecular complexity index is 937. The summed E-state index contributed by atoms with van der Waals surface area (Å²) in [5, 5.41) is 12.3. The highest BCUT2D eigenvalue weighted by atomic mass is 35.5. The summed E-state index contributed by atoms with van der Waals surface area (Å²) in [7, 11) is -1.89. The molecule has 3 aromatic rings. The van der Waals surface area contributed by atoms with Crippen molar-refractivity contribution in [2.45, 2.75) is 11.4 Å². The van der Waals surface area contributed by atoms with Gasteiger partial charge < -0.3 is 0 Å². The van der Waals surface area contributed by atoms with Crippen LogP contribution in [0.25, 0.3) is 11.4 Å². The zero-order chi connectivity index (χ0) is 17.2. The lowest BCUT2D eigenvalue weighted by atomic mass is 10.1. The van der Waals surface area contributed by atoms with E-state index >= 15 is 0 Å². The summed E-state index contributed by atoms with van der Waals surface area (Å²) in [6.07, 6.45) is 0. The monoisotopic (exact) mass is 363 g/mol. The third-order valence-corrected chi connectivity index (χ3v) is 4.98. The highest BCUT2D eigenvalue weighted by Gasteiger charge is 2.13. The van der Waals surface area contributed by atoms with Crippen LogP contribution in [-0.2, 0) is 23.6 Å². The Hall–Kier alpha value is -2.29. The van der Waals surface area contributed by atoms with Crippen LogP contribution in [0.3, 0.4) is 0 Å². The lowest BCUT2D eigenvalue weighted by Crippen LogP contribution is -2.23. The van der Waals surface area contributed by atoms with Crippen molar-refractivity contribution in [3.05, 3.63) is 59.1 Å². The van der Waals surface area contributed by atoms with Crippen molar-refractivity contribution < 1.29 is 8.42 Å². The largest absolute Gasteiger partial charge is 0.240 e. The van der Waals surface area contributed by atoms with E-state index in [0.717, 1.165) is 11.1 Å². The van der Waals surface area contributed by atoms with Crippen molar-refractivity contribution >= 4 is 21.6 Å². The fourth-order valence-electron chi connectivity index (χ4n) is 2.05. The van der Waals surface area contributed by atoms with Crippen LogP contribution in [0.5, 0.6) is 0 Å². The molecule has 9 heteroatoms. The fourth-order valence-corrected chi connectivity index (χ4v) is 3.19. The van der Waals surface area contributed by atoms with Crippen LogP contribution in [-0.4, -0.2) is 28.6 Å². The highest BCUT2D eigenvalue weighted by molar-refractivity contribution is 7.89. The average molecular weight is 364 g/mol. The molecular weight excluding hydrogens is 350 g/mol. The number of nitrogens with zero attached hydrogens (tertiary/aromatic N) is 4. The van der Waals surface area contributed by atoms with Gasteiger partial charge in [0.15, 0.2) is 0 Å². The third kappa shape index (κ3) is 3.78. The van der Waals surface area contributed by atoms with E-state index in [-0.39, 0.29) is 11.4 Å². The molecule has 0 spiro atoms. The summed E-state index contributed by atoms with van der Waals surface area (Å²) in [5.74, 6) is 0.519. The van der Waals surface area contributed by atoms with Gasteiger partial charge in [0.05, 0.1) is 11.9 Å². The van der Waals surface area contributed by atoms with Crippen molar-refractivity contribution in [2.24, 2.45) is 7.05 Å². The quantitative estimate of drug-likeness (QED) is 0.748. The molecule has 3 rings (SSSR count). The van der Waals surface area contributed by atoms with Gasteiger partial charge in [0, 0.05) is 17.1 Å². The molecule has 1 aromatic heterocycles. The average Bonchev–Trinajstić information content (AvgIpc) is 3.00. The molecule has 0 amide bonds. The van der Waals surface area contributed by atoms with E-state index in [1.165, 1.54) is 16.9 Å². The van der Waals surface area contributed by atoms with Crippen molar-refractivity contribution in [2.75, 3.05) is 0 Å². The van der Waals surface area contributed by atoms with Crippen LogP contribution in [0.4, 0.5) is 0 Å². The SMILES string of the molecule is Cn1nnc(-c2ccc(CNS(=O)(=O)c3ccc(Cl)cc3)cc2)n1. The Morgan fingerprint density at radius 1 is 1.08 bits per heavy atom. The van der Waals surface area contributed by atoms with Gasteiger partial charge in [-0.15, -0.1) is 10.2 Å². The maximum absolute atomic E-state index is 12.2. The van der Waals surface area contributed by atoms with Gasteiger partial charge in [0.2, 0.25) is 15.8 Å². The van der Waals surface area contributed by atoms with E-state index in [2.05, 4.69) is 20.1 Å². The lowest BCUT2D eigenvalue weighted by molar-refractivity contribution is 0.581. The maximum Gasteiger partial charge on any atom is 0.240 e. The van der Waals surface area contributed by atoms with E-state index in [1.807, 2.05) is 24.3 Å². The normalized spacial score (nSPS) is 11.6. The zero-order valence-electron chi connectivity index (χ0n) is 12.7. The maximum atomic E-state index is 12.2. The summed E-state index contributed by atoms with van der Waals surface area (Å²) in [5.41, 5.74) is 1.63. The van der Waals surface area contributed by atoms with E-state index in [0.29, 0.717) is 10.8 Å². The topological polar surface area (TPSA) is 89.8 Å². The number of sulfonamides is 1. The first kappa shape index (κ1) is 16.6. The van der Waals surface area contributed by atoms with Crippen LogP contribution < -0.4 is 4.72 Å². The summed E-state index contributed by atoms with van der Waals surface area (Å²) in [4.78, 5) is 1.55. The number of aromatic nitrogens is 4. The molecule has 0 radical (unpaired) electrons. The van der Waals surface area contributed by atoms with Gasteiger partial charge >= 0.3 is 0 Å². The van der Waals surface area contributed by atoms with Crippen LogP contribution in [0.15, 0.2) is 53.4 Å². The van der Waals surface area contributed by atoms with E-state index in [9.17, 15) is 8.42 Å². The minimum absolute atomic E-state index is 0.173. The fraction of sp³-hybridized carbons (Fsp3) is 0.133. The molecule has 0 fully saturated rings. The first-order valence-corrected chi connectivity index (χ1v) is 8.89. The number of rotatable bonds is 5. The summed E-state index contributed by atoms with van der Waals surface area (Å²) in [6, 6.07) is 13.3. The van der Waals surface area contributed by atoms with E-state index in [4.69, 9.17) is 11.6 Å². The molecule has 1 N–H and O–H groups in total. The van der Waals surface area contributed by atoms with Gasteiger partial charge in [0.1, 0.15) is 0 Å². The zero-order valence-corrected chi connectivity index (χ0v) is 14.3. The predicted octanol–water partition coefficient (Wildman–Crippen LogP) is 2.01. The van der Waals surface area contributed by atoms with Crippen molar-refractivity contribution in [3.8, 4) is 11.4 Å². The van der Waals surface area contributed by atoms with Crippen LogP contribution in [0.2, 0.25) is 5.02 Å². The lowest BCUT2D eigenvalue weighted by Gasteiger charge is -2.07. The molecule has 7 nitrogen and oxygen atoms in total. The van der Waals surface area contributed by atoms with Gasteiger partial charge in [0.25, 0.3) is 0 Å². The van der Waals surface area contributed by atoms with Crippen molar-refractivity contribution in [3.63, 3.8) is 0 Å². The summed E-state index contributed by atoms with van der Waals surface area (Å²) < 4.78 is 27.0. The first-order chi connectivity index (χ1) is 11.4. The standard InChI is InChI=1S/C15H14ClN5O2S/c1-21-19-15(18-20-21)12-4-2-11(3-5-12)10-17-24(22,23)14-8-6-13(16)7-9-14/h2-9,17H,10H2,1H3. The van der Waals surface area contributed by atoms with Gasteiger partial charge in [-0.3, -0.25) is 0 Å². The van der Waals surface area contributed by atoms with Crippen LogP contribution in [0, 0.1) is 0 Å². The molecule has 0 atom stereocenters. The van der Waals surface area contributed by atoms with E-state index < -0.39 is 10.0 Å². The molecule has 0 unspecified atom stereocenters. The minimum Gasteiger partial charge on any atom is -0.207 e. The number of hydrogen-bond donors (Lipinski definition) is 1. The molecule has 2 aromatic carbocycles. The second-order valence-corrected chi connectivity index (χ2v) is 7.28. The smallest absolute Gasteiger partial charge is 0.207 e. The molecule has 24 heavy (non-hydrogen) atoms. The molecule has 124 valence electrons. The summed E-state index contributed by atoms with van der Waals surface area (Å²) in [6.45, 7) is 0.180. The molecule has 0 aliphatic heterocycles. The predicted molar refractivity (Wildman–Crippen MR) is 89.7 cm³/mol. The Morgan fingerprint density at radius 3 is 2.33 bits per heavy atom. The summed E-state index contributed by atoms with van der Waals surface area (Å²) >= 11 is 5.77. The molecule has 0 aliphatic rings. The van der Waals surface area contributed by atoms with Gasteiger partial charge in [-0.1, -0.05) is 35.9 Å². The number of aryl methyl sites for hydroxylation is 1. The molecule has 0 bridgehead atoms. The van der Waals surface area contributed by atoms with Gasteiger partial charge in [-0.05, 0) is 35.0 Å². The first-order valence-electron chi connectivity index (χ1n) is 7.02. The number of halogens is 1. The highest BCUT2D eigenvalue weighted by Crippen LogP contribution is 2.16. The van der Waals surface area contributed by atoms with Crippen molar-refractivity contribution in [1.82, 2.24) is 24.9 Å². The number of tetrazole rings is 1. The van der Waals surface area contributed by atoms with Crippen LogP contribution >= 0.6 is 11.6 Å². The second-order valence-electron chi connectivity index (χ2n) is 5.08. The second kappa shape index (κ2) is 6.68. The van der Waals surface area contributed by atoms with Crippen LogP contribution in [0.1, 0.15) is 5.56 Å². The molecule has 0 aliphatic carbocycles. The number of hydrogen-bond acceptors (Lipinski definition) is 5. The Kier molecular flexibility index (Phi) is 4.61. The third-order valence-electron chi connectivity index (χ3n) is 3.31. The number of nitrogens with one attached hydrogen (secondary N) is 1. The van der Waals surface area contributed by atoms with Gasteiger partial charge in [-0.25, -0.2) is 13.1 Å². The molecule has 0 saturated carbocycles. The minimum atomic E-state index is -3.58. The van der Waals surface area contributed by atoms with Crippen molar-refractivity contribution in [1.29, 1.82) is 0 Å². The van der Waals surface area contributed by atoms with E-state index in [1.54, 1.807) is 19.2 Å². The van der Waals surface area contributed by atoms with Gasteiger partial charge in [-0.2, -0.15) is 4.80 Å². The Morgan fingerprint density at radius 2 is 1.75 bits per heavy atom. The Balaban J connectivity index is 1.69. The molecular formula is C15H14ClN5O2S. The molecule has 1 heterocycles.